The third kappa shape index (κ3) is 3.39. The van der Waals surface area contributed by atoms with Gasteiger partial charge in [0.1, 0.15) is 21.4 Å². The molecule has 150 valence electrons. The Kier molecular flexibility index (Phi) is 4.63. The van der Waals surface area contributed by atoms with Crippen LogP contribution in [0.2, 0.25) is 0 Å². The van der Waals surface area contributed by atoms with E-state index in [0.717, 1.165) is 51.4 Å². The van der Waals surface area contributed by atoms with E-state index in [1.807, 2.05) is 36.4 Å². The van der Waals surface area contributed by atoms with Crippen LogP contribution in [0.3, 0.4) is 0 Å². The van der Waals surface area contributed by atoms with Gasteiger partial charge in [0.2, 0.25) is 5.91 Å². The van der Waals surface area contributed by atoms with Crippen molar-refractivity contribution >= 4 is 33.3 Å². The number of nitrogens with zero attached hydrogens (tertiary/aromatic N) is 4. The minimum absolute atomic E-state index is 0.238. The summed E-state index contributed by atoms with van der Waals surface area (Å²) in [6.07, 6.45) is 4.50. The van der Waals surface area contributed by atoms with Crippen molar-refractivity contribution in [2.45, 2.75) is 32.2 Å². The zero-order valence-corrected chi connectivity index (χ0v) is 17.1. The normalized spacial score (nSPS) is 13.9. The molecule has 1 unspecified atom stereocenters. The lowest BCUT2D eigenvalue weighted by Gasteiger charge is -2.15. The molecule has 0 fully saturated rings. The molecule has 4 aromatic rings. The molecule has 1 atom stereocenters. The first kappa shape index (κ1) is 18.6. The van der Waals surface area contributed by atoms with Gasteiger partial charge < -0.3 is 5.32 Å². The van der Waals surface area contributed by atoms with Gasteiger partial charge in [-0.05, 0) is 68.1 Å². The Morgan fingerprint density at radius 2 is 2.03 bits per heavy atom. The molecule has 5 rings (SSSR count). The van der Waals surface area contributed by atoms with Gasteiger partial charge in [0.05, 0.1) is 5.69 Å². The first-order valence-electron chi connectivity index (χ1n) is 9.83. The van der Waals surface area contributed by atoms with Crippen LogP contribution >= 0.6 is 11.3 Å². The second kappa shape index (κ2) is 7.46. The molecule has 30 heavy (non-hydrogen) atoms. The monoisotopic (exact) mass is 417 g/mol. The maximum Gasteiger partial charge on any atom is 0.267 e. The van der Waals surface area contributed by atoms with Gasteiger partial charge in [-0.15, -0.1) is 0 Å². The lowest BCUT2D eigenvalue weighted by Crippen LogP contribution is -2.33. The fraction of sp³-hybridized carbons (Fsp3) is 0.227. The molecule has 0 radical (unpaired) electrons. The van der Waals surface area contributed by atoms with Crippen LogP contribution in [0.5, 0.6) is 0 Å². The Hall–Kier alpha value is -3.39. The smallest absolute Gasteiger partial charge is 0.267 e. The van der Waals surface area contributed by atoms with E-state index in [1.54, 1.807) is 19.2 Å². The lowest BCUT2D eigenvalue weighted by molar-refractivity contribution is -0.119. The highest BCUT2D eigenvalue weighted by atomic mass is 32.1. The Bertz CT molecular complexity index is 1280. The standard InChI is InChI=1S/C22H19N5O2S/c1-13(27-19(28)12-15-4-2-5-17(15)26-27)20(29)24-16-9-7-14(8-10-16)21-25-18-6-3-11-23-22(18)30-21/h3,6-13H,2,4-5H2,1H3,(H,24,29). The van der Waals surface area contributed by atoms with Crippen LogP contribution in [-0.2, 0) is 17.6 Å². The second-order valence-corrected chi connectivity index (χ2v) is 8.32. The van der Waals surface area contributed by atoms with Crippen LogP contribution < -0.4 is 10.9 Å². The molecule has 7 nitrogen and oxygen atoms in total. The molecule has 0 aliphatic heterocycles. The number of thiazole rings is 1. The van der Waals surface area contributed by atoms with Crippen LogP contribution in [0.15, 0.2) is 53.5 Å². The van der Waals surface area contributed by atoms with Gasteiger partial charge in [0.15, 0.2) is 0 Å². The summed E-state index contributed by atoms with van der Waals surface area (Å²) >= 11 is 1.53. The maximum absolute atomic E-state index is 12.7. The van der Waals surface area contributed by atoms with Crippen LogP contribution in [0.1, 0.15) is 30.6 Å². The Balaban J connectivity index is 1.33. The summed E-state index contributed by atoms with van der Waals surface area (Å²) in [7, 11) is 0. The molecular formula is C22H19N5O2S. The zero-order valence-electron chi connectivity index (χ0n) is 16.3. The molecule has 1 amide bonds. The average molecular weight is 417 g/mol. The number of aryl methyl sites for hydroxylation is 2. The van der Waals surface area contributed by atoms with Crippen LogP contribution in [0, 0.1) is 0 Å². The molecule has 1 aliphatic carbocycles. The molecule has 8 heteroatoms. The zero-order chi connectivity index (χ0) is 20.7. The lowest BCUT2D eigenvalue weighted by atomic mass is 10.2. The van der Waals surface area contributed by atoms with Crippen molar-refractivity contribution < 1.29 is 4.79 Å². The number of aromatic nitrogens is 4. The topological polar surface area (TPSA) is 89.8 Å². The van der Waals surface area contributed by atoms with Gasteiger partial charge in [-0.25, -0.2) is 14.6 Å². The van der Waals surface area contributed by atoms with E-state index < -0.39 is 6.04 Å². The minimum Gasteiger partial charge on any atom is -0.324 e. The molecule has 3 heterocycles. The van der Waals surface area contributed by atoms with Crippen molar-refractivity contribution in [3.05, 3.63) is 70.3 Å². The van der Waals surface area contributed by atoms with Crippen molar-refractivity contribution in [2.75, 3.05) is 5.32 Å². The highest BCUT2D eigenvalue weighted by molar-refractivity contribution is 7.21. The van der Waals surface area contributed by atoms with Gasteiger partial charge in [0.25, 0.3) is 5.56 Å². The molecule has 1 N–H and O–H groups in total. The number of hydrogen-bond donors (Lipinski definition) is 1. The van der Waals surface area contributed by atoms with E-state index in [9.17, 15) is 9.59 Å². The van der Waals surface area contributed by atoms with Crippen molar-refractivity contribution in [1.29, 1.82) is 0 Å². The number of benzene rings is 1. The summed E-state index contributed by atoms with van der Waals surface area (Å²) in [4.78, 5) is 34.9. The van der Waals surface area contributed by atoms with E-state index in [1.165, 1.54) is 16.0 Å². The molecule has 0 spiro atoms. The highest BCUT2D eigenvalue weighted by Crippen LogP contribution is 2.29. The summed E-state index contributed by atoms with van der Waals surface area (Å²) in [6.45, 7) is 1.69. The molecule has 0 saturated heterocycles. The average Bonchev–Trinajstić information content (AvgIpc) is 3.39. The van der Waals surface area contributed by atoms with Crippen LogP contribution in [0.4, 0.5) is 5.69 Å². The molecular weight excluding hydrogens is 398 g/mol. The first-order chi connectivity index (χ1) is 14.6. The third-order valence-electron chi connectivity index (χ3n) is 5.29. The van der Waals surface area contributed by atoms with Crippen molar-refractivity contribution in [2.24, 2.45) is 0 Å². The second-order valence-electron chi connectivity index (χ2n) is 7.34. The Morgan fingerprint density at radius 3 is 2.83 bits per heavy atom. The number of anilines is 1. The van der Waals surface area contributed by atoms with Crippen LogP contribution in [0.25, 0.3) is 20.9 Å². The summed E-state index contributed by atoms with van der Waals surface area (Å²) in [6, 6.07) is 12.2. The van der Waals surface area contributed by atoms with Gasteiger partial charge in [-0.3, -0.25) is 9.59 Å². The van der Waals surface area contributed by atoms with E-state index in [-0.39, 0.29) is 11.5 Å². The fourth-order valence-electron chi connectivity index (χ4n) is 3.64. The highest BCUT2D eigenvalue weighted by Gasteiger charge is 2.21. The largest absolute Gasteiger partial charge is 0.324 e. The number of rotatable bonds is 4. The van der Waals surface area contributed by atoms with Crippen molar-refractivity contribution in [1.82, 2.24) is 19.7 Å². The van der Waals surface area contributed by atoms with E-state index in [0.29, 0.717) is 5.69 Å². The number of amides is 1. The molecule has 0 bridgehead atoms. The van der Waals surface area contributed by atoms with Gasteiger partial charge in [-0.2, -0.15) is 5.10 Å². The molecule has 1 aliphatic rings. The third-order valence-corrected chi connectivity index (χ3v) is 6.32. The number of pyridine rings is 1. The predicted octanol–water partition coefficient (Wildman–Crippen LogP) is 3.60. The van der Waals surface area contributed by atoms with Gasteiger partial charge in [-0.1, -0.05) is 11.3 Å². The van der Waals surface area contributed by atoms with Crippen molar-refractivity contribution in [3.8, 4) is 10.6 Å². The Morgan fingerprint density at radius 1 is 1.20 bits per heavy atom. The van der Waals surface area contributed by atoms with E-state index in [2.05, 4.69) is 20.4 Å². The number of carbonyl (C=O) groups is 1. The fourth-order valence-corrected chi connectivity index (χ4v) is 4.55. The summed E-state index contributed by atoms with van der Waals surface area (Å²) in [5.41, 5.74) is 4.17. The quantitative estimate of drug-likeness (QED) is 0.548. The number of fused-ring (bicyclic) bond motifs is 2. The van der Waals surface area contributed by atoms with Crippen LogP contribution in [-0.4, -0.2) is 25.7 Å². The predicted molar refractivity (Wildman–Crippen MR) is 117 cm³/mol. The SMILES string of the molecule is CC(C(=O)Nc1ccc(-c2nc3cccnc3s2)cc1)n1nc2c(cc1=O)CCC2. The van der Waals surface area contributed by atoms with E-state index in [4.69, 9.17) is 0 Å². The number of carbonyl (C=O) groups excluding carboxylic acids is 1. The van der Waals surface area contributed by atoms with Gasteiger partial charge in [0, 0.05) is 23.5 Å². The Labute approximate surface area is 176 Å². The molecule has 0 saturated carbocycles. The number of nitrogens with one attached hydrogen (secondary N) is 1. The minimum atomic E-state index is -0.696. The first-order valence-corrected chi connectivity index (χ1v) is 10.6. The summed E-state index contributed by atoms with van der Waals surface area (Å²) in [5.74, 6) is -0.278. The maximum atomic E-state index is 12.7. The molecule has 3 aromatic heterocycles. The summed E-state index contributed by atoms with van der Waals surface area (Å²) < 4.78 is 1.28. The number of hydrogen-bond acceptors (Lipinski definition) is 6. The van der Waals surface area contributed by atoms with E-state index >= 15 is 0 Å². The molecule has 1 aromatic carbocycles. The summed E-state index contributed by atoms with van der Waals surface area (Å²) in [5, 5.41) is 8.17. The van der Waals surface area contributed by atoms with Crippen molar-refractivity contribution in [3.63, 3.8) is 0 Å². The van der Waals surface area contributed by atoms with Gasteiger partial charge >= 0.3 is 0 Å².